The van der Waals surface area contributed by atoms with E-state index in [0.29, 0.717) is 6.04 Å². The van der Waals surface area contributed by atoms with Gasteiger partial charge in [-0.15, -0.1) is 0 Å². The predicted molar refractivity (Wildman–Crippen MR) is 82.0 cm³/mol. The largest absolute Gasteiger partial charge is 0.497 e. The molecule has 0 amide bonds. The van der Waals surface area contributed by atoms with Crippen LogP contribution in [-0.2, 0) is 6.54 Å². The Balaban J connectivity index is 2.05. The van der Waals surface area contributed by atoms with Crippen molar-refractivity contribution in [1.29, 1.82) is 0 Å². The molecule has 1 aromatic heterocycles. The summed E-state index contributed by atoms with van der Waals surface area (Å²) in [6.45, 7) is 7.03. The van der Waals surface area contributed by atoms with Gasteiger partial charge in [-0.1, -0.05) is 24.3 Å². The molecule has 106 valence electrons. The van der Waals surface area contributed by atoms with Crippen molar-refractivity contribution in [3.63, 3.8) is 0 Å². The van der Waals surface area contributed by atoms with Crippen LogP contribution in [-0.4, -0.2) is 12.1 Å². The molecule has 1 N–H and O–H groups in total. The molecule has 1 heterocycles. The molecule has 0 bridgehead atoms. The lowest BCUT2D eigenvalue weighted by atomic mass is 10.0. The van der Waals surface area contributed by atoms with Crippen molar-refractivity contribution < 1.29 is 4.74 Å². The van der Waals surface area contributed by atoms with Gasteiger partial charge in [-0.2, -0.15) is 0 Å². The van der Waals surface area contributed by atoms with Crippen molar-refractivity contribution in [3.8, 4) is 5.75 Å². The van der Waals surface area contributed by atoms with Crippen LogP contribution in [0.1, 0.15) is 35.5 Å². The lowest BCUT2D eigenvalue weighted by molar-refractivity contribution is 0.412. The fourth-order valence-electron chi connectivity index (χ4n) is 2.35. The molecule has 0 saturated carbocycles. The van der Waals surface area contributed by atoms with Crippen molar-refractivity contribution in [2.45, 2.75) is 33.4 Å². The quantitative estimate of drug-likeness (QED) is 0.902. The number of ether oxygens (including phenoxy) is 1. The van der Waals surface area contributed by atoms with Crippen LogP contribution in [0.5, 0.6) is 5.75 Å². The number of rotatable bonds is 5. The van der Waals surface area contributed by atoms with Crippen molar-refractivity contribution in [2.24, 2.45) is 0 Å². The van der Waals surface area contributed by atoms with Gasteiger partial charge in [-0.25, -0.2) is 0 Å². The van der Waals surface area contributed by atoms with E-state index in [0.717, 1.165) is 23.7 Å². The summed E-state index contributed by atoms with van der Waals surface area (Å²) < 4.78 is 5.28. The Hall–Kier alpha value is -1.87. The molecule has 2 rings (SSSR count). The predicted octanol–water partition coefficient (Wildman–Crippen LogP) is 3.56. The molecule has 0 aliphatic heterocycles. The molecule has 2 aromatic rings. The maximum Gasteiger partial charge on any atom is 0.122 e. The summed E-state index contributed by atoms with van der Waals surface area (Å²) in [6, 6.07) is 12.7. The van der Waals surface area contributed by atoms with Gasteiger partial charge in [0, 0.05) is 30.4 Å². The van der Waals surface area contributed by atoms with Crippen molar-refractivity contribution in [2.75, 3.05) is 7.11 Å². The zero-order valence-corrected chi connectivity index (χ0v) is 12.6. The molecular weight excluding hydrogens is 248 g/mol. The van der Waals surface area contributed by atoms with E-state index in [9.17, 15) is 0 Å². The number of hydrogen-bond acceptors (Lipinski definition) is 3. The second-order valence-corrected chi connectivity index (χ2v) is 5.10. The number of nitrogens with zero attached hydrogens (tertiary/aromatic N) is 1. The second-order valence-electron chi connectivity index (χ2n) is 5.10. The normalized spacial score (nSPS) is 12.2. The highest BCUT2D eigenvalue weighted by atomic mass is 16.5. The summed E-state index contributed by atoms with van der Waals surface area (Å²) >= 11 is 0. The highest BCUT2D eigenvalue weighted by molar-refractivity contribution is 5.29. The first-order chi connectivity index (χ1) is 9.60. The summed E-state index contributed by atoms with van der Waals surface area (Å²) in [5.74, 6) is 0.859. The number of methoxy groups -OCH3 is 1. The molecule has 0 aliphatic rings. The Morgan fingerprint density at radius 2 is 1.95 bits per heavy atom. The van der Waals surface area contributed by atoms with Crippen LogP contribution in [0.15, 0.2) is 36.4 Å². The Bertz CT molecular complexity index is 581. The highest BCUT2D eigenvalue weighted by Gasteiger charge is 2.08. The lowest BCUT2D eigenvalue weighted by Crippen LogP contribution is -2.19. The van der Waals surface area contributed by atoms with Gasteiger partial charge in [-0.05, 0) is 31.9 Å². The van der Waals surface area contributed by atoms with Gasteiger partial charge in [0.05, 0.1) is 12.8 Å². The van der Waals surface area contributed by atoms with E-state index in [2.05, 4.69) is 48.4 Å². The Morgan fingerprint density at radius 3 is 2.65 bits per heavy atom. The first-order valence-electron chi connectivity index (χ1n) is 6.90. The van der Waals surface area contributed by atoms with E-state index in [1.165, 1.54) is 11.1 Å². The van der Waals surface area contributed by atoms with E-state index < -0.39 is 0 Å². The third-order valence-electron chi connectivity index (χ3n) is 3.46. The SMILES string of the molecule is COc1cc(C)nc(CNC(C)c2ccccc2C)c1. The van der Waals surface area contributed by atoms with Gasteiger partial charge in [0.1, 0.15) is 5.75 Å². The van der Waals surface area contributed by atoms with Crippen molar-refractivity contribution >= 4 is 0 Å². The molecule has 0 aliphatic carbocycles. The average molecular weight is 270 g/mol. The first-order valence-corrected chi connectivity index (χ1v) is 6.90. The topological polar surface area (TPSA) is 34.1 Å². The van der Waals surface area contributed by atoms with E-state index in [1.807, 2.05) is 19.1 Å². The molecule has 20 heavy (non-hydrogen) atoms. The van der Waals surface area contributed by atoms with Crippen molar-refractivity contribution in [3.05, 3.63) is 58.9 Å². The van der Waals surface area contributed by atoms with Gasteiger partial charge >= 0.3 is 0 Å². The fraction of sp³-hybridized carbons (Fsp3) is 0.353. The molecule has 1 aromatic carbocycles. The summed E-state index contributed by atoms with van der Waals surface area (Å²) in [5.41, 5.74) is 4.61. The fourth-order valence-corrected chi connectivity index (χ4v) is 2.35. The van der Waals surface area contributed by atoms with Crippen molar-refractivity contribution in [1.82, 2.24) is 10.3 Å². The number of hydrogen-bond donors (Lipinski definition) is 1. The molecule has 1 atom stereocenters. The average Bonchev–Trinajstić information content (AvgIpc) is 2.44. The number of aromatic nitrogens is 1. The molecule has 0 saturated heterocycles. The van der Waals surface area contributed by atoms with Gasteiger partial charge in [0.2, 0.25) is 0 Å². The Morgan fingerprint density at radius 1 is 1.20 bits per heavy atom. The standard InChI is InChI=1S/C17H22N2O/c1-12-7-5-6-8-17(12)14(3)18-11-15-10-16(20-4)9-13(2)19-15/h5-10,14,18H,11H2,1-4H3. The molecule has 0 radical (unpaired) electrons. The minimum Gasteiger partial charge on any atom is -0.497 e. The number of aryl methyl sites for hydroxylation is 2. The van der Waals surface area contributed by atoms with Gasteiger partial charge in [-0.3, -0.25) is 4.98 Å². The minimum atomic E-state index is 0.296. The summed E-state index contributed by atoms with van der Waals surface area (Å²) in [6.07, 6.45) is 0. The second kappa shape index (κ2) is 6.53. The maximum absolute atomic E-state index is 5.28. The zero-order chi connectivity index (χ0) is 14.5. The maximum atomic E-state index is 5.28. The number of nitrogens with one attached hydrogen (secondary N) is 1. The van der Waals surface area contributed by atoms with Crippen LogP contribution in [0, 0.1) is 13.8 Å². The van der Waals surface area contributed by atoms with Gasteiger partial charge in [0.15, 0.2) is 0 Å². The van der Waals surface area contributed by atoms with E-state index in [-0.39, 0.29) is 0 Å². The molecule has 1 unspecified atom stereocenters. The molecule has 3 heteroatoms. The molecule has 0 spiro atoms. The van der Waals surface area contributed by atoms with E-state index >= 15 is 0 Å². The Labute approximate surface area is 121 Å². The van der Waals surface area contributed by atoms with E-state index in [1.54, 1.807) is 7.11 Å². The van der Waals surface area contributed by atoms with Crippen LogP contribution in [0.3, 0.4) is 0 Å². The van der Waals surface area contributed by atoms with Crippen LogP contribution in [0.2, 0.25) is 0 Å². The third-order valence-corrected chi connectivity index (χ3v) is 3.46. The lowest BCUT2D eigenvalue weighted by Gasteiger charge is -2.16. The number of pyridine rings is 1. The highest BCUT2D eigenvalue weighted by Crippen LogP contribution is 2.18. The van der Waals surface area contributed by atoms with Gasteiger partial charge < -0.3 is 10.1 Å². The van der Waals surface area contributed by atoms with Crippen LogP contribution in [0.4, 0.5) is 0 Å². The first kappa shape index (κ1) is 14.5. The molecule has 0 fully saturated rings. The summed E-state index contributed by atoms with van der Waals surface area (Å²) in [4.78, 5) is 4.53. The van der Waals surface area contributed by atoms with Gasteiger partial charge in [0.25, 0.3) is 0 Å². The van der Waals surface area contributed by atoms with Crippen LogP contribution >= 0.6 is 0 Å². The Kier molecular flexibility index (Phi) is 4.74. The van der Waals surface area contributed by atoms with Crippen LogP contribution in [0.25, 0.3) is 0 Å². The zero-order valence-electron chi connectivity index (χ0n) is 12.6. The minimum absolute atomic E-state index is 0.296. The monoisotopic (exact) mass is 270 g/mol. The molecule has 3 nitrogen and oxygen atoms in total. The third kappa shape index (κ3) is 3.58. The smallest absolute Gasteiger partial charge is 0.122 e. The summed E-state index contributed by atoms with van der Waals surface area (Å²) in [7, 11) is 1.68. The van der Waals surface area contributed by atoms with E-state index in [4.69, 9.17) is 4.74 Å². The summed E-state index contributed by atoms with van der Waals surface area (Å²) in [5, 5.41) is 3.52. The molecular formula is C17H22N2O. The van der Waals surface area contributed by atoms with Crippen LogP contribution < -0.4 is 10.1 Å². The number of benzene rings is 1.